The van der Waals surface area contributed by atoms with Gasteiger partial charge < -0.3 is 4.74 Å². The van der Waals surface area contributed by atoms with Crippen molar-refractivity contribution >= 4 is 16.8 Å². The standard InChI is InChI=1S/C27H35ClO2/c1-2-3-4-5-6-7-20-30-26-18-16-24(17-19-26)22-10-8-21(9-11-22)23-12-14-25(15-13-23)27(28)29/h8-11,16-19,23,25H,2-7,12-15,20H2,1H3/t23-,25-. The average molecular weight is 427 g/mol. The topological polar surface area (TPSA) is 26.3 Å². The lowest BCUT2D eigenvalue weighted by atomic mass is 9.79. The molecular formula is C27H35ClO2. The zero-order valence-electron chi connectivity index (χ0n) is 18.2. The molecule has 1 saturated carbocycles. The van der Waals surface area contributed by atoms with Crippen molar-refractivity contribution in [2.24, 2.45) is 5.92 Å². The number of benzene rings is 2. The highest BCUT2D eigenvalue weighted by Gasteiger charge is 2.25. The molecule has 0 bridgehead atoms. The molecule has 3 rings (SSSR count). The number of halogens is 1. The first-order valence-electron chi connectivity index (χ1n) is 11.7. The van der Waals surface area contributed by atoms with Crippen LogP contribution in [0, 0.1) is 5.92 Å². The number of ether oxygens (including phenoxy) is 1. The lowest BCUT2D eigenvalue weighted by Crippen LogP contribution is -2.17. The van der Waals surface area contributed by atoms with E-state index in [2.05, 4.69) is 55.5 Å². The maximum Gasteiger partial charge on any atom is 0.224 e. The van der Waals surface area contributed by atoms with Gasteiger partial charge in [0, 0.05) is 5.92 Å². The van der Waals surface area contributed by atoms with Gasteiger partial charge >= 0.3 is 0 Å². The zero-order chi connectivity index (χ0) is 21.2. The molecule has 1 aliphatic carbocycles. The molecule has 0 aliphatic heterocycles. The van der Waals surface area contributed by atoms with Crippen LogP contribution in [0.15, 0.2) is 48.5 Å². The maximum atomic E-state index is 11.3. The number of hydrogen-bond acceptors (Lipinski definition) is 2. The zero-order valence-corrected chi connectivity index (χ0v) is 19.0. The van der Waals surface area contributed by atoms with Crippen molar-refractivity contribution in [3.05, 3.63) is 54.1 Å². The molecule has 0 amide bonds. The summed E-state index contributed by atoms with van der Waals surface area (Å²) < 4.78 is 5.89. The van der Waals surface area contributed by atoms with Crippen molar-refractivity contribution in [1.82, 2.24) is 0 Å². The van der Waals surface area contributed by atoms with E-state index >= 15 is 0 Å². The Morgan fingerprint density at radius 2 is 1.40 bits per heavy atom. The molecule has 2 nitrogen and oxygen atoms in total. The summed E-state index contributed by atoms with van der Waals surface area (Å²) in [5.74, 6) is 1.56. The first-order valence-corrected chi connectivity index (χ1v) is 12.1. The van der Waals surface area contributed by atoms with E-state index in [1.54, 1.807) is 0 Å². The van der Waals surface area contributed by atoms with Crippen LogP contribution < -0.4 is 4.74 Å². The van der Waals surface area contributed by atoms with Gasteiger partial charge in [-0.15, -0.1) is 0 Å². The Hall–Kier alpha value is -1.80. The number of hydrogen-bond donors (Lipinski definition) is 0. The number of rotatable bonds is 11. The van der Waals surface area contributed by atoms with Gasteiger partial charge in [-0.05, 0) is 78.4 Å². The number of unbranched alkanes of at least 4 members (excludes halogenated alkanes) is 5. The molecule has 0 heterocycles. The largest absolute Gasteiger partial charge is 0.494 e. The Morgan fingerprint density at radius 3 is 2.00 bits per heavy atom. The summed E-state index contributed by atoms with van der Waals surface area (Å²) in [6.45, 7) is 3.05. The molecule has 2 aromatic rings. The van der Waals surface area contributed by atoms with E-state index < -0.39 is 0 Å². The Labute approximate surface area is 187 Å². The van der Waals surface area contributed by atoms with Crippen molar-refractivity contribution in [1.29, 1.82) is 0 Å². The fourth-order valence-corrected chi connectivity index (χ4v) is 4.64. The molecule has 1 fully saturated rings. The van der Waals surface area contributed by atoms with Gasteiger partial charge in [-0.25, -0.2) is 0 Å². The van der Waals surface area contributed by atoms with Crippen LogP contribution in [0.2, 0.25) is 0 Å². The van der Waals surface area contributed by atoms with E-state index in [-0.39, 0.29) is 11.2 Å². The van der Waals surface area contributed by atoms with Crippen LogP contribution in [0.3, 0.4) is 0 Å². The quantitative estimate of drug-likeness (QED) is 0.267. The molecule has 0 saturated heterocycles. The van der Waals surface area contributed by atoms with Crippen LogP contribution in [0.1, 0.15) is 82.6 Å². The van der Waals surface area contributed by atoms with Gasteiger partial charge in [0.2, 0.25) is 5.24 Å². The molecule has 30 heavy (non-hydrogen) atoms. The predicted molar refractivity (Wildman–Crippen MR) is 126 cm³/mol. The summed E-state index contributed by atoms with van der Waals surface area (Å²) in [5.41, 5.74) is 3.81. The molecule has 0 radical (unpaired) electrons. The van der Waals surface area contributed by atoms with Gasteiger partial charge in [0.05, 0.1) is 6.61 Å². The Morgan fingerprint density at radius 1 is 0.833 bits per heavy atom. The minimum atomic E-state index is -0.164. The second-order valence-electron chi connectivity index (χ2n) is 8.62. The van der Waals surface area contributed by atoms with E-state index in [9.17, 15) is 4.79 Å². The van der Waals surface area contributed by atoms with Gasteiger partial charge in [-0.2, -0.15) is 0 Å². The lowest BCUT2D eigenvalue weighted by molar-refractivity contribution is -0.116. The van der Waals surface area contributed by atoms with E-state index in [4.69, 9.17) is 16.3 Å². The highest BCUT2D eigenvalue weighted by molar-refractivity contribution is 6.63. The summed E-state index contributed by atoms with van der Waals surface area (Å²) in [4.78, 5) is 11.3. The molecular weight excluding hydrogens is 392 g/mol. The lowest BCUT2D eigenvalue weighted by Gasteiger charge is -2.26. The molecule has 0 spiro atoms. The van der Waals surface area contributed by atoms with Gasteiger partial charge in [-0.3, -0.25) is 4.79 Å². The third-order valence-electron chi connectivity index (χ3n) is 6.38. The second-order valence-corrected chi connectivity index (χ2v) is 8.99. The van der Waals surface area contributed by atoms with Crippen LogP contribution in [0.5, 0.6) is 5.75 Å². The average Bonchev–Trinajstić information content (AvgIpc) is 2.79. The minimum Gasteiger partial charge on any atom is -0.494 e. The van der Waals surface area contributed by atoms with E-state index in [0.29, 0.717) is 5.92 Å². The van der Waals surface area contributed by atoms with Crippen molar-refractivity contribution in [2.75, 3.05) is 6.61 Å². The summed E-state index contributed by atoms with van der Waals surface area (Å²) in [6, 6.07) is 17.3. The van der Waals surface area contributed by atoms with E-state index in [1.165, 1.54) is 48.8 Å². The first kappa shape index (κ1) is 22.9. The van der Waals surface area contributed by atoms with Crippen molar-refractivity contribution in [3.63, 3.8) is 0 Å². The fourth-order valence-electron chi connectivity index (χ4n) is 4.42. The van der Waals surface area contributed by atoms with Crippen molar-refractivity contribution in [2.45, 2.75) is 77.0 Å². The molecule has 2 aromatic carbocycles. The molecule has 0 N–H and O–H groups in total. The van der Waals surface area contributed by atoms with Gasteiger partial charge in [0.15, 0.2) is 0 Å². The minimum absolute atomic E-state index is 0.0592. The summed E-state index contributed by atoms with van der Waals surface area (Å²) in [6.07, 6.45) is 11.6. The SMILES string of the molecule is CCCCCCCCOc1ccc(-c2ccc([C@H]3CC[C@H](C(=O)Cl)CC3)cc2)cc1. The van der Waals surface area contributed by atoms with Gasteiger partial charge in [-0.1, -0.05) is 75.4 Å². The third kappa shape index (κ3) is 6.87. The normalized spacial score (nSPS) is 18.9. The Kier molecular flexibility index (Phi) is 9.27. The highest BCUT2D eigenvalue weighted by atomic mass is 35.5. The predicted octanol–water partition coefficient (Wildman–Crippen LogP) is 8.13. The molecule has 0 aromatic heterocycles. The molecule has 0 atom stereocenters. The maximum absolute atomic E-state index is 11.3. The molecule has 1 aliphatic rings. The monoisotopic (exact) mass is 426 g/mol. The van der Waals surface area contributed by atoms with Crippen molar-refractivity contribution in [3.8, 4) is 16.9 Å². The summed E-state index contributed by atoms with van der Waals surface area (Å²) >= 11 is 5.66. The molecule has 162 valence electrons. The second kappa shape index (κ2) is 12.2. The summed E-state index contributed by atoms with van der Waals surface area (Å²) in [7, 11) is 0. The van der Waals surface area contributed by atoms with E-state index in [1.807, 2.05) is 0 Å². The van der Waals surface area contributed by atoms with Crippen LogP contribution in [-0.2, 0) is 4.79 Å². The first-order chi connectivity index (χ1) is 14.7. The Bertz CT molecular complexity index is 758. The molecule has 3 heteroatoms. The third-order valence-corrected chi connectivity index (χ3v) is 6.69. The number of carbonyl (C=O) groups is 1. The Balaban J connectivity index is 1.45. The van der Waals surface area contributed by atoms with Gasteiger partial charge in [0.25, 0.3) is 0 Å². The van der Waals surface area contributed by atoms with Gasteiger partial charge in [0.1, 0.15) is 5.75 Å². The van der Waals surface area contributed by atoms with Crippen LogP contribution >= 0.6 is 11.6 Å². The highest BCUT2D eigenvalue weighted by Crippen LogP contribution is 2.37. The fraction of sp³-hybridized carbons (Fsp3) is 0.519. The smallest absolute Gasteiger partial charge is 0.224 e. The van der Waals surface area contributed by atoms with Crippen LogP contribution in [-0.4, -0.2) is 11.8 Å². The van der Waals surface area contributed by atoms with Crippen molar-refractivity contribution < 1.29 is 9.53 Å². The van der Waals surface area contributed by atoms with E-state index in [0.717, 1.165) is 44.5 Å². The van der Waals surface area contributed by atoms with Crippen LogP contribution in [0.25, 0.3) is 11.1 Å². The van der Waals surface area contributed by atoms with Crippen LogP contribution in [0.4, 0.5) is 0 Å². The molecule has 0 unspecified atom stereocenters. The number of carbonyl (C=O) groups excluding carboxylic acids is 1. The summed E-state index contributed by atoms with van der Waals surface area (Å²) in [5, 5.41) is -0.164.